The van der Waals surface area contributed by atoms with Crippen LogP contribution in [0.1, 0.15) is 10.4 Å². The second kappa shape index (κ2) is 6.85. The van der Waals surface area contributed by atoms with E-state index < -0.39 is 11.8 Å². The normalized spacial score (nSPS) is 9.26. The van der Waals surface area contributed by atoms with Crippen LogP contribution in [-0.2, 0) is 9.59 Å². The van der Waals surface area contributed by atoms with Gasteiger partial charge in [0.1, 0.15) is 12.1 Å². The van der Waals surface area contributed by atoms with Crippen molar-refractivity contribution < 1.29 is 14.4 Å². The molecule has 0 aromatic carbocycles. The number of nitrogens with zero attached hydrogens (tertiary/aromatic N) is 2. The Morgan fingerprint density at radius 2 is 2.16 bits per heavy atom. The van der Waals surface area contributed by atoms with E-state index in [-0.39, 0.29) is 17.9 Å². The molecule has 2 amide bonds. The van der Waals surface area contributed by atoms with Crippen molar-refractivity contribution in [1.29, 1.82) is 0 Å². The van der Waals surface area contributed by atoms with Gasteiger partial charge in [-0.05, 0) is 24.4 Å². The summed E-state index contributed by atoms with van der Waals surface area (Å²) in [6.07, 6.45) is 4.24. The molecule has 0 bridgehead atoms. The predicted octanol–water partition coefficient (Wildman–Crippen LogP) is 0.673. The van der Waals surface area contributed by atoms with E-state index in [0.717, 1.165) is 11.0 Å². The van der Waals surface area contributed by atoms with E-state index in [1.165, 1.54) is 18.5 Å². The summed E-state index contributed by atoms with van der Waals surface area (Å²) in [5.74, 6) is -0.886. The van der Waals surface area contributed by atoms with Gasteiger partial charge in [-0.3, -0.25) is 14.5 Å². The molecule has 1 heterocycles. The lowest BCUT2D eigenvalue weighted by atomic mass is 10.2. The summed E-state index contributed by atoms with van der Waals surface area (Å²) in [4.78, 5) is 39.2. The molecule has 0 aliphatic heterocycles. The maximum Gasteiger partial charge on any atom is 0.258 e. The maximum absolute atomic E-state index is 11.8. The molecule has 0 aliphatic carbocycles. The van der Waals surface area contributed by atoms with Gasteiger partial charge in [0, 0.05) is 6.20 Å². The molecule has 1 aromatic heterocycles. The van der Waals surface area contributed by atoms with Crippen molar-refractivity contribution in [2.75, 3.05) is 11.4 Å². The number of carbonyl (C=O) groups excluding carboxylic acids is 3. The van der Waals surface area contributed by atoms with Crippen LogP contribution in [-0.4, -0.2) is 29.6 Å². The third-order valence-corrected chi connectivity index (χ3v) is 2.22. The Kier molecular flexibility index (Phi) is 5.16. The van der Waals surface area contributed by atoms with Gasteiger partial charge in [-0.1, -0.05) is 13.2 Å². The zero-order valence-corrected chi connectivity index (χ0v) is 10.2. The highest BCUT2D eigenvalue weighted by molar-refractivity contribution is 6.07. The first-order valence-electron chi connectivity index (χ1n) is 5.40. The first kappa shape index (κ1) is 14.3. The van der Waals surface area contributed by atoms with Crippen molar-refractivity contribution in [3.8, 4) is 0 Å². The fraction of sp³-hybridized carbons (Fsp3) is 0.0769. The van der Waals surface area contributed by atoms with E-state index >= 15 is 0 Å². The molecule has 98 valence electrons. The smallest absolute Gasteiger partial charge is 0.258 e. The molecule has 0 saturated carbocycles. The average molecular weight is 259 g/mol. The molecule has 1 rings (SSSR count). The summed E-state index contributed by atoms with van der Waals surface area (Å²) in [6.45, 7) is 6.52. The fourth-order valence-corrected chi connectivity index (χ4v) is 1.43. The van der Waals surface area contributed by atoms with Crippen molar-refractivity contribution >= 4 is 23.9 Å². The van der Waals surface area contributed by atoms with Gasteiger partial charge in [-0.25, -0.2) is 4.98 Å². The standard InChI is InChI=1S/C13H13N3O3/c1-3-11(18)16(8-9-17)12-10(6-5-7-15-12)13(19)14-4-2/h3-7,9H,1-2,8H2,(H,14,19). The monoisotopic (exact) mass is 259 g/mol. The van der Waals surface area contributed by atoms with Crippen molar-refractivity contribution in [3.05, 3.63) is 49.3 Å². The van der Waals surface area contributed by atoms with Crippen molar-refractivity contribution in [1.82, 2.24) is 10.3 Å². The summed E-state index contributed by atoms with van der Waals surface area (Å²) >= 11 is 0. The molecule has 6 heteroatoms. The molecule has 19 heavy (non-hydrogen) atoms. The minimum atomic E-state index is -0.515. The number of aldehydes is 1. The molecule has 0 saturated heterocycles. The van der Waals surface area contributed by atoms with E-state index in [0.29, 0.717) is 6.29 Å². The first-order chi connectivity index (χ1) is 9.15. The van der Waals surface area contributed by atoms with Gasteiger partial charge in [-0.15, -0.1) is 0 Å². The van der Waals surface area contributed by atoms with Crippen LogP contribution in [0.2, 0.25) is 0 Å². The number of hydrogen-bond acceptors (Lipinski definition) is 4. The molecule has 6 nitrogen and oxygen atoms in total. The zero-order chi connectivity index (χ0) is 14.3. The lowest BCUT2D eigenvalue weighted by Crippen LogP contribution is -2.34. The largest absolute Gasteiger partial charge is 0.329 e. The van der Waals surface area contributed by atoms with Gasteiger partial charge in [-0.2, -0.15) is 0 Å². The van der Waals surface area contributed by atoms with Crippen LogP contribution >= 0.6 is 0 Å². The third-order valence-electron chi connectivity index (χ3n) is 2.22. The number of nitrogens with one attached hydrogen (secondary N) is 1. The number of hydrogen-bond donors (Lipinski definition) is 1. The Labute approximate surface area is 110 Å². The van der Waals surface area contributed by atoms with Crippen molar-refractivity contribution in [2.45, 2.75) is 0 Å². The summed E-state index contributed by atoms with van der Waals surface area (Å²) < 4.78 is 0. The summed E-state index contributed by atoms with van der Waals surface area (Å²) in [7, 11) is 0. The molecule has 0 spiro atoms. The number of rotatable bonds is 6. The molecule has 0 unspecified atom stereocenters. The summed E-state index contributed by atoms with van der Waals surface area (Å²) in [5.41, 5.74) is 0.166. The van der Waals surface area contributed by atoms with Gasteiger partial charge < -0.3 is 10.1 Å². The Morgan fingerprint density at radius 3 is 2.74 bits per heavy atom. The van der Waals surface area contributed by atoms with Gasteiger partial charge >= 0.3 is 0 Å². The Balaban J connectivity index is 3.26. The second-order valence-electron chi connectivity index (χ2n) is 3.37. The highest BCUT2D eigenvalue weighted by Gasteiger charge is 2.20. The van der Waals surface area contributed by atoms with Gasteiger partial charge in [0.15, 0.2) is 0 Å². The molecule has 0 atom stereocenters. The number of pyridine rings is 1. The minimum Gasteiger partial charge on any atom is -0.329 e. The maximum atomic E-state index is 11.8. The van der Waals surface area contributed by atoms with E-state index in [1.807, 2.05) is 0 Å². The third kappa shape index (κ3) is 3.35. The topological polar surface area (TPSA) is 79.4 Å². The Hall–Kier alpha value is -2.76. The van der Waals surface area contributed by atoms with Crippen LogP contribution in [0.5, 0.6) is 0 Å². The van der Waals surface area contributed by atoms with Crippen LogP contribution in [0.25, 0.3) is 0 Å². The number of aromatic nitrogens is 1. The second-order valence-corrected chi connectivity index (χ2v) is 3.37. The molecular formula is C13H13N3O3. The fourth-order valence-electron chi connectivity index (χ4n) is 1.43. The SMILES string of the molecule is C=CNC(=O)c1cccnc1N(CC=O)C(=O)C=C. The van der Waals surface area contributed by atoms with E-state index in [4.69, 9.17) is 0 Å². The van der Waals surface area contributed by atoms with Gasteiger partial charge in [0.25, 0.3) is 11.8 Å². The summed E-state index contributed by atoms with van der Waals surface area (Å²) in [6, 6.07) is 3.05. The molecule has 0 aliphatic rings. The van der Waals surface area contributed by atoms with E-state index in [2.05, 4.69) is 23.5 Å². The van der Waals surface area contributed by atoms with E-state index in [9.17, 15) is 14.4 Å². The van der Waals surface area contributed by atoms with Crippen LogP contribution < -0.4 is 10.2 Å². The lowest BCUT2D eigenvalue weighted by molar-refractivity contribution is -0.116. The molecule has 1 aromatic rings. The lowest BCUT2D eigenvalue weighted by Gasteiger charge is -2.19. The van der Waals surface area contributed by atoms with Crippen LogP contribution in [0, 0.1) is 0 Å². The Morgan fingerprint density at radius 1 is 1.42 bits per heavy atom. The molecule has 0 radical (unpaired) electrons. The van der Waals surface area contributed by atoms with Crippen LogP contribution in [0.3, 0.4) is 0 Å². The van der Waals surface area contributed by atoms with Crippen LogP contribution in [0.15, 0.2) is 43.8 Å². The van der Waals surface area contributed by atoms with Crippen molar-refractivity contribution in [3.63, 3.8) is 0 Å². The van der Waals surface area contributed by atoms with Crippen LogP contribution in [0.4, 0.5) is 5.82 Å². The average Bonchev–Trinajstić information content (AvgIpc) is 2.44. The number of carbonyl (C=O) groups is 3. The highest BCUT2D eigenvalue weighted by atomic mass is 16.2. The quantitative estimate of drug-likeness (QED) is 0.601. The number of anilines is 1. The van der Waals surface area contributed by atoms with E-state index in [1.54, 1.807) is 6.07 Å². The zero-order valence-electron chi connectivity index (χ0n) is 10.2. The first-order valence-corrected chi connectivity index (χ1v) is 5.40. The molecule has 0 fully saturated rings. The van der Waals surface area contributed by atoms with Gasteiger partial charge in [0.2, 0.25) is 0 Å². The molecule has 1 N–H and O–H groups in total. The number of amides is 2. The van der Waals surface area contributed by atoms with Gasteiger partial charge in [0.05, 0.1) is 12.1 Å². The molecular weight excluding hydrogens is 246 g/mol. The highest BCUT2D eigenvalue weighted by Crippen LogP contribution is 2.17. The summed E-state index contributed by atoms with van der Waals surface area (Å²) in [5, 5.41) is 2.39. The predicted molar refractivity (Wildman–Crippen MR) is 70.5 cm³/mol. The Bertz CT molecular complexity index is 526. The van der Waals surface area contributed by atoms with Crippen molar-refractivity contribution in [2.24, 2.45) is 0 Å². The minimum absolute atomic E-state index is 0.0962.